The minimum atomic E-state index is 0.0688. The normalized spacial score (nSPS) is 22.0. The van der Waals surface area contributed by atoms with Gasteiger partial charge in [0.1, 0.15) is 0 Å². The second-order valence-corrected chi connectivity index (χ2v) is 7.48. The number of carbonyl (C=O) groups is 2. The van der Waals surface area contributed by atoms with Crippen molar-refractivity contribution in [3.63, 3.8) is 0 Å². The first-order valence-corrected chi connectivity index (χ1v) is 8.99. The first-order valence-electron chi connectivity index (χ1n) is 8.99. The fraction of sp³-hybridized carbons (Fsp3) is 0.579. The number of piperidine rings is 1. The van der Waals surface area contributed by atoms with Gasteiger partial charge in [0.25, 0.3) is 5.91 Å². The number of rotatable bonds is 1. The molecule has 0 aliphatic carbocycles. The average Bonchev–Trinajstić information content (AvgIpc) is 3.21. The van der Waals surface area contributed by atoms with E-state index in [0.717, 1.165) is 68.8 Å². The molecule has 3 heterocycles. The van der Waals surface area contributed by atoms with Crippen molar-refractivity contribution in [3.8, 4) is 0 Å². The summed E-state index contributed by atoms with van der Waals surface area (Å²) in [6.45, 7) is 6.26. The summed E-state index contributed by atoms with van der Waals surface area (Å²) in [6.07, 6.45) is 4.29. The van der Waals surface area contributed by atoms with Gasteiger partial charge in [-0.15, -0.1) is 0 Å². The third kappa shape index (κ3) is 2.61. The molecule has 5 nitrogen and oxygen atoms in total. The van der Waals surface area contributed by atoms with Crippen molar-refractivity contribution in [1.29, 1.82) is 0 Å². The number of benzene rings is 1. The van der Waals surface area contributed by atoms with Gasteiger partial charge < -0.3 is 15.1 Å². The Labute approximate surface area is 143 Å². The Balaban J connectivity index is 1.47. The molecule has 0 saturated carbocycles. The van der Waals surface area contributed by atoms with E-state index >= 15 is 0 Å². The number of carbonyl (C=O) groups excluding carboxylic acids is 2. The van der Waals surface area contributed by atoms with E-state index in [0.29, 0.717) is 5.41 Å². The van der Waals surface area contributed by atoms with Crippen molar-refractivity contribution < 1.29 is 9.59 Å². The van der Waals surface area contributed by atoms with E-state index in [9.17, 15) is 9.59 Å². The topological polar surface area (TPSA) is 52.7 Å². The SMILES string of the molecule is CC(=O)N1CCc2cc(C(=O)N3CCC4(CCNC4)CC3)ccc21. The molecule has 0 bridgehead atoms. The molecule has 2 amide bonds. The first kappa shape index (κ1) is 15.6. The van der Waals surface area contributed by atoms with E-state index < -0.39 is 0 Å². The number of likely N-dealkylation sites (tertiary alicyclic amines) is 1. The van der Waals surface area contributed by atoms with E-state index in [1.54, 1.807) is 11.8 Å². The smallest absolute Gasteiger partial charge is 0.253 e. The van der Waals surface area contributed by atoms with Gasteiger partial charge in [-0.1, -0.05) is 0 Å². The van der Waals surface area contributed by atoms with Crippen LogP contribution < -0.4 is 10.2 Å². The van der Waals surface area contributed by atoms with E-state index in [1.807, 2.05) is 23.1 Å². The molecule has 24 heavy (non-hydrogen) atoms. The number of hydrogen-bond acceptors (Lipinski definition) is 3. The Morgan fingerprint density at radius 3 is 2.58 bits per heavy atom. The maximum absolute atomic E-state index is 12.8. The van der Waals surface area contributed by atoms with Gasteiger partial charge in [-0.3, -0.25) is 9.59 Å². The van der Waals surface area contributed by atoms with Gasteiger partial charge in [0.15, 0.2) is 0 Å². The molecular weight excluding hydrogens is 302 g/mol. The quantitative estimate of drug-likeness (QED) is 0.856. The Bertz CT molecular complexity index is 669. The lowest BCUT2D eigenvalue weighted by atomic mass is 9.78. The van der Waals surface area contributed by atoms with E-state index in [4.69, 9.17) is 0 Å². The Hall–Kier alpha value is -1.88. The standard InChI is InChI=1S/C19H25N3O2/c1-14(23)22-9-4-15-12-16(2-3-17(15)22)18(24)21-10-6-19(7-11-21)5-8-20-13-19/h2-3,12,20H,4-11,13H2,1H3. The molecule has 0 radical (unpaired) electrons. The van der Waals surface area contributed by atoms with Crippen LogP contribution in [-0.4, -0.2) is 49.4 Å². The highest BCUT2D eigenvalue weighted by atomic mass is 16.2. The van der Waals surface area contributed by atoms with Crippen LogP contribution in [0.4, 0.5) is 5.69 Å². The van der Waals surface area contributed by atoms with Crippen LogP contribution in [0.1, 0.15) is 42.1 Å². The zero-order valence-electron chi connectivity index (χ0n) is 14.3. The maximum atomic E-state index is 12.8. The summed E-state index contributed by atoms with van der Waals surface area (Å²) in [7, 11) is 0. The van der Waals surface area contributed by atoms with E-state index in [1.165, 1.54) is 6.42 Å². The van der Waals surface area contributed by atoms with Gasteiger partial charge in [-0.25, -0.2) is 0 Å². The molecule has 0 aromatic heterocycles. The summed E-state index contributed by atoms with van der Waals surface area (Å²) < 4.78 is 0. The largest absolute Gasteiger partial charge is 0.339 e. The zero-order valence-corrected chi connectivity index (χ0v) is 14.3. The number of nitrogens with one attached hydrogen (secondary N) is 1. The molecule has 1 spiro atoms. The van der Waals surface area contributed by atoms with E-state index in [-0.39, 0.29) is 11.8 Å². The Kier molecular flexibility index (Phi) is 3.83. The Morgan fingerprint density at radius 2 is 1.92 bits per heavy atom. The molecule has 3 aliphatic rings. The molecule has 1 N–H and O–H groups in total. The van der Waals surface area contributed by atoms with Crippen LogP contribution >= 0.6 is 0 Å². The second-order valence-electron chi connectivity index (χ2n) is 7.48. The van der Waals surface area contributed by atoms with Crippen LogP contribution in [0, 0.1) is 5.41 Å². The summed E-state index contributed by atoms with van der Waals surface area (Å²) in [5.41, 5.74) is 3.27. The number of hydrogen-bond donors (Lipinski definition) is 1. The lowest BCUT2D eigenvalue weighted by molar-refractivity contribution is -0.116. The molecule has 128 valence electrons. The fourth-order valence-corrected chi connectivity index (χ4v) is 4.45. The Morgan fingerprint density at radius 1 is 1.12 bits per heavy atom. The molecule has 4 rings (SSSR count). The van der Waals surface area contributed by atoms with Crippen molar-refractivity contribution >= 4 is 17.5 Å². The van der Waals surface area contributed by atoms with Crippen LogP contribution in [0.15, 0.2) is 18.2 Å². The summed E-state index contributed by atoms with van der Waals surface area (Å²) in [6, 6.07) is 5.80. The molecule has 1 aromatic carbocycles. The second kappa shape index (κ2) is 5.88. The molecule has 5 heteroatoms. The molecule has 2 fully saturated rings. The third-order valence-electron chi connectivity index (χ3n) is 6.05. The van der Waals surface area contributed by atoms with Gasteiger partial charge in [-0.05, 0) is 61.4 Å². The maximum Gasteiger partial charge on any atom is 0.253 e. The molecule has 3 aliphatic heterocycles. The lowest BCUT2D eigenvalue weighted by Crippen LogP contribution is -2.44. The van der Waals surface area contributed by atoms with Crippen molar-refractivity contribution in [2.45, 2.75) is 32.6 Å². The van der Waals surface area contributed by atoms with Crippen molar-refractivity contribution in [3.05, 3.63) is 29.3 Å². The molecule has 0 atom stereocenters. The zero-order chi connectivity index (χ0) is 16.7. The van der Waals surface area contributed by atoms with Crippen molar-refractivity contribution in [2.75, 3.05) is 37.6 Å². The summed E-state index contributed by atoms with van der Waals surface area (Å²) in [5, 5.41) is 3.46. The molecule has 1 aromatic rings. The van der Waals surface area contributed by atoms with Crippen LogP contribution in [0.5, 0.6) is 0 Å². The number of anilines is 1. The van der Waals surface area contributed by atoms with Gasteiger partial charge in [0.05, 0.1) is 0 Å². The van der Waals surface area contributed by atoms with Crippen LogP contribution in [-0.2, 0) is 11.2 Å². The molecule has 2 saturated heterocycles. The van der Waals surface area contributed by atoms with E-state index in [2.05, 4.69) is 5.32 Å². The van der Waals surface area contributed by atoms with Gasteiger partial charge >= 0.3 is 0 Å². The summed E-state index contributed by atoms with van der Waals surface area (Å²) in [4.78, 5) is 28.3. The van der Waals surface area contributed by atoms with Crippen LogP contribution in [0.2, 0.25) is 0 Å². The van der Waals surface area contributed by atoms with Crippen LogP contribution in [0.3, 0.4) is 0 Å². The minimum absolute atomic E-state index is 0.0688. The summed E-state index contributed by atoms with van der Waals surface area (Å²) in [5.74, 6) is 0.208. The number of fused-ring (bicyclic) bond motifs is 1. The highest BCUT2D eigenvalue weighted by molar-refractivity contribution is 5.97. The number of nitrogens with zero attached hydrogens (tertiary/aromatic N) is 2. The monoisotopic (exact) mass is 327 g/mol. The van der Waals surface area contributed by atoms with Gasteiger partial charge in [0.2, 0.25) is 5.91 Å². The van der Waals surface area contributed by atoms with Crippen LogP contribution in [0.25, 0.3) is 0 Å². The predicted molar refractivity (Wildman–Crippen MR) is 93.2 cm³/mol. The first-order chi connectivity index (χ1) is 11.6. The highest BCUT2D eigenvalue weighted by Gasteiger charge is 2.38. The lowest BCUT2D eigenvalue weighted by Gasteiger charge is -2.39. The van der Waals surface area contributed by atoms with Crippen molar-refractivity contribution in [2.24, 2.45) is 5.41 Å². The molecule has 0 unspecified atom stereocenters. The highest BCUT2D eigenvalue weighted by Crippen LogP contribution is 2.37. The third-order valence-corrected chi connectivity index (χ3v) is 6.05. The van der Waals surface area contributed by atoms with Gasteiger partial charge in [-0.2, -0.15) is 0 Å². The number of amides is 2. The molecular formula is C19H25N3O2. The summed E-state index contributed by atoms with van der Waals surface area (Å²) >= 11 is 0. The fourth-order valence-electron chi connectivity index (χ4n) is 4.45. The average molecular weight is 327 g/mol. The van der Waals surface area contributed by atoms with Crippen molar-refractivity contribution in [1.82, 2.24) is 10.2 Å². The van der Waals surface area contributed by atoms with Gasteiger partial charge in [0, 0.05) is 44.4 Å². The predicted octanol–water partition coefficient (Wildman–Crippen LogP) is 1.81. The minimum Gasteiger partial charge on any atom is -0.339 e.